The maximum Gasteiger partial charge on any atom is 0.203 e. The van der Waals surface area contributed by atoms with E-state index in [9.17, 15) is 0 Å². The molecule has 0 fully saturated rings. The summed E-state index contributed by atoms with van der Waals surface area (Å²) in [7, 11) is 0. The molecule has 0 aliphatic carbocycles. The normalized spacial score (nSPS) is 15.1. The molecule has 1 aliphatic heterocycles. The van der Waals surface area contributed by atoms with Crippen LogP contribution in [0.4, 0.5) is 10.8 Å². The second kappa shape index (κ2) is 5.57. The third kappa shape index (κ3) is 2.87. The van der Waals surface area contributed by atoms with E-state index in [0.29, 0.717) is 5.13 Å². The van der Waals surface area contributed by atoms with Crippen molar-refractivity contribution < 1.29 is 0 Å². The van der Waals surface area contributed by atoms with E-state index in [0.717, 1.165) is 24.5 Å². The number of nitrogens with two attached hydrogens (primary N) is 1. The van der Waals surface area contributed by atoms with Crippen molar-refractivity contribution in [2.45, 2.75) is 25.7 Å². The highest BCUT2D eigenvalue weighted by atomic mass is 32.1. The van der Waals surface area contributed by atoms with E-state index in [2.05, 4.69) is 39.4 Å². The number of benzene rings is 1. The molecule has 19 heavy (non-hydrogen) atoms. The van der Waals surface area contributed by atoms with Crippen LogP contribution in [0.2, 0.25) is 0 Å². The van der Waals surface area contributed by atoms with Crippen molar-refractivity contribution in [1.82, 2.24) is 10.2 Å². The van der Waals surface area contributed by atoms with Crippen LogP contribution in [0.1, 0.15) is 23.4 Å². The van der Waals surface area contributed by atoms with Gasteiger partial charge in [-0.05, 0) is 30.9 Å². The Kier molecular flexibility index (Phi) is 3.64. The summed E-state index contributed by atoms with van der Waals surface area (Å²) in [6.07, 6.45) is 4.65. The quantitative estimate of drug-likeness (QED) is 0.934. The van der Waals surface area contributed by atoms with Crippen molar-refractivity contribution >= 4 is 22.2 Å². The molecule has 1 aromatic heterocycles. The molecule has 0 amide bonds. The molecule has 0 unspecified atom stereocenters. The van der Waals surface area contributed by atoms with Gasteiger partial charge in [-0.1, -0.05) is 29.5 Å². The number of anilines is 2. The Morgan fingerprint density at radius 2 is 2.11 bits per heavy atom. The first-order valence-corrected chi connectivity index (χ1v) is 7.55. The van der Waals surface area contributed by atoms with Gasteiger partial charge in [0, 0.05) is 25.2 Å². The molecule has 0 atom stereocenters. The van der Waals surface area contributed by atoms with E-state index in [1.54, 1.807) is 0 Å². The van der Waals surface area contributed by atoms with Crippen LogP contribution in [0, 0.1) is 0 Å². The van der Waals surface area contributed by atoms with Crippen molar-refractivity contribution in [3.63, 3.8) is 0 Å². The van der Waals surface area contributed by atoms with Gasteiger partial charge in [-0.3, -0.25) is 0 Å². The standard InChI is InChI=1S/C14H18N4S/c15-14-17-16-13(19-14)8-10-18-9-4-3-6-11-5-1-2-7-12(11)18/h1-2,5,7H,3-4,6,8-10H2,(H2,15,17). The summed E-state index contributed by atoms with van der Waals surface area (Å²) in [6.45, 7) is 2.12. The predicted molar refractivity (Wildman–Crippen MR) is 79.6 cm³/mol. The lowest BCUT2D eigenvalue weighted by atomic mass is 10.1. The lowest BCUT2D eigenvalue weighted by molar-refractivity contribution is 0.708. The van der Waals surface area contributed by atoms with Crippen molar-refractivity contribution in [2.24, 2.45) is 0 Å². The lowest BCUT2D eigenvalue weighted by Crippen LogP contribution is -2.26. The number of aryl methyl sites for hydroxylation is 1. The van der Waals surface area contributed by atoms with Crippen molar-refractivity contribution in [3.05, 3.63) is 34.8 Å². The molecular weight excluding hydrogens is 256 g/mol. The molecule has 5 heteroatoms. The van der Waals surface area contributed by atoms with E-state index in [4.69, 9.17) is 5.73 Å². The Labute approximate surface area is 117 Å². The second-order valence-corrected chi connectivity index (χ2v) is 5.95. The minimum Gasteiger partial charge on any atom is -0.374 e. The number of nitrogen functional groups attached to an aromatic ring is 1. The zero-order valence-corrected chi connectivity index (χ0v) is 11.7. The van der Waals surface area contributed by atoms with Crippen LogP contribution in [-0.2, 0) is 12.8 Å². The molecular formula is C14H18N4S. The zero-order chi connectivity index (χ0) is 13.1. The fourth-order valence-corrected chi connectivity index (χ4v) is 3.20. The van der Waals surface area contributed by atoms with Crippen molar-refractivity contribution in [1.29, 1.82) is 0 Å². The molecule has 0 saturated carbocycles. The smallest absolute Gasteiger partial charge is 0.203 e. The molecule has 100 valence electrons. The topological polar surface area (TPSA) is 55.0 Å². The highest BCUT2D eigenvalue weighted by Gasteiger charge is 2.15. The summed E-state index contributed by atoms with van der Waals surface area (Å²) in [5.41, 5.74) is 8.48. The van der Waals surface area contributed by atoms with E-state index in [1.807, 2.05) is 0 Å². The minimum absolute atomic E-state index is 0.561. The summed E-state index contributed by atoms with van der Waals surface area (Å²) in [5, 5.41) is 9.56. The molecule has 0 bridgehead atoms. The SMILES string of the molecule is Nc1nnc(CCN2CCCCc3ccccc32)s1. The maximum absolute atomic E-state index is 5.62. The summed E-state index contributed by atoms with van der Waals surface area (Å²) < 4.78 is 0. The Balaban J connectivity index is 1.73. The van der Waals surface area contributed by atoms with Crippen LogP contribution in [0.3, 0.4) is 0 Å². The maximum atomic E-state index is 5.62. The van der Waals surface area contributed by atoms with Crippen LogP contribution in [0.25, 0.3) is 0 Å². The zero-order valence-electron chi connectivity index (χ0n) is 10.9. The van der Waals surface area contributed by atoms with Gasteiger partial charge in [0.2, 0.25) is 5.13 Å². The van der Waals surface area contributed by atoms with Gasteiger partial charge in [-0.25, -0.2) is 0 Å². The van der Waals surface area contributed by atoms with E-state index < -0.39 is 0 Å². The third-order valence-electron chi connectivity index (χ3n) is 3.53. The second-order valence-electron chi connectivity index (χ2n) is 4.86. The molecule has 0 spiro atoms. The molecule has 2 aromatic rings. The Bertz CT molecular complexity index is 552. The average Bonchev–Trinajstić information content (AvgIpc) is 2.73. The van der Waals surface area contributed by atoms with Gasteiger partial charge in [-0.2, -0.15) is 0 Å². The van der Waals surface area contributed by atoms with Gasteiger partial charge in [-0.15, -0.1) is 10.2 Å². The van der Waals surface area contributed by atoms with Crippen LogP contribution in [0.5, 0.6) is 0 Å². The van der Waals surface area contributed by atoms with Crippen LogP contribution < -0.4 is 10.6 Å². The molecule has 2 heterocycles. The van der Waals surface area contributed by atoms with Crippen LogP contribution >= 0.6 is 11.3 Å². The van der Waals surface area contributed by atoms with Crippen molar-refractivity contribution in [3.8, 4) is 0 Å². The predicted octanol–water partition coefficient (Wildman–Crippen LogP) is 2.51. The van der Waals surface area contributed by atoms with E-state index in [1.165, 1.54) is 41.9 Å². The van der Waals surface area contributed by atoms with Gasteiger partial charge in [0.1, 0.15) is 5.01 Å². The molecule has 1 aliphatic rings. The number of aromatic nitrogens is 2. The largest absolute Gasteiger partial charge is 0.374 e. The molecule has 0 saturated heterocycles. The number of nitrogens with zero attached hydrogens (tertiary/aromatic N) is 3. The van der Waals surface area contributed by atoms with Gasteiger partial charge in [0.15, 0.2) is 0 Å². The third-order valence-corrected chi connectivity index (χ3v) is 4.35. The molecule has 2 N–H and O–H groups in total. The number of hydrogen-bond acceptors (Lipinski definition) is 5. The molecule has 0 radical (unpaired) electrons. The minimum atomic E-state index is 0.561. The van der Waals surface area contributed by atoms with Gasteiger partial charge in [0.25, 0.3) is 0 Å². The number of fused-ring (bicyclic) bond motifs is 1. The summed E-state index contributed by atoms with van der Waals surface area (Å²) in [4.78, 5) is 2.47. The first-order chi connectivity index (χ1) is 9.33. The highest BCUT2D eigenvalue weighted by Crippen LogP contribution is 2.26. The highest BCUT2D eigenvalue weighted by molar-refractivity contribution is 7.15. The fraction of sp³-hybridized carbons (Fsp3) is 0.429. The van der Waals surface area contributed by atoms with Crippen LogP contribution in [-0.4, -0.2) is 23.3 Å². The summed E-state index contributed by atoms with van der Waals surface area (Å²) >= 11 is 1.49. The Morgan fingerprint density at radius 1 is 1.21 bits per heavy atom. The van der Waals surface area contributed by atoms with Gasteiger partial charge < -0.3 is 10.6 Å². The van der Waals surface area contributed by atoms with Crippen LogP contribution in [0.15, 0.2) is 24.3 Å². The molecule has 4 nitrogen and oxygen atoms in total. The first kappa shape index (κ1) is 12.4. The van der Waals surface area contributed by atoms with E-state index >= 15 is 0 Å². The van der Waals surface area contributed by atoms with Crippen molar-refractivity contribution in [2.75, 3.05) is 23.7 Å². The summed E-state index contributed by atoms with van der Waals surface area (Å²) in [6, 6.07) is 8.74. The monoisotopic (exact) mass is 274 g/mol. The summed E-state index contributed by atoms with van der Waals surface area (Å²) in [5.74, 6) is 0. The number of para-hydroxylation sites is 1. The van der Waals surface area contributed by atoms with Gasteiger partial charge >= 0.3 is 0 Å². The molecule has 1 aromatic carbocycles. The van der Waals surface area contributed by atoms with E-state index in [-0.39, 0.29) is 0 Å². The fourth-order valence-electron chi connectivity index (χ4n) is 2.60. The lowest BCUT2D eigenvalue weighted by Gasteiger charge is -2.24. The Morgan fingerprint density at radius 3 is 2.95 bits per heavy atom. The average molecular weight is 274 g/mol. The Hall–Kier alpha value is -1.62. The molecule has 3 rings (SSSR count). The number of rotatable bonds is 3. The van der Waals surface area contributed by atoms with Gasteiger partial charge in [0.05, 0.1) is 0 Å². The first-order valence-electron chi connectivity index (χ1n) is 6.73. The number of hydrogen-bond donors (Lipinski definition) is 1.